The molecule has 38 heavy (non-hydrogen) atoms. The van der Waals surface area contributed by atoms with Crippen molar-refractivity contribution in [1.29, 1.82) is 0 Å². The maximum Gasteiger partial charge on any atom is 0.333 e. The predicted octanol–water partition coefficient (Wildman–Crippen LogP) is 2.65. The molecule has 0 saturated carbocycles. The molecule has 0 unspecified atom stereocenters. The first-order chi connectivity index (χ1) is 17.4. The van der Waals surface area contributed by atoms with Gasteiger partial charge in [-0.25, -0.2) is 9.59 Å². The van der Waals surface area contributed by atoms with Crippen LogP contribution in [0.1, 0.15) is 53.4 Å². The Morgan fingerprint density at radius 2 is 1.42 bits per heavy atom. The summed E-state index contributed by atoms with van der Waals surface area (Å²) in [5.74, 6) is -1.47. The summed E-state index contributed by atoms with van der Waals surface area (Å²) >= 11 is 5.22. The topological polar surface area (TPSA) is 109 Å². The molecule has 0 radical (unpaired) electrons. The molecule has 0 aliphatic carbocycles. The van der Waals surface area contributed by atoms with E-state index in [4.69, 9.17) is 9.47 Å². The van der Waals surface area contributed by atoms with E-state index in [9.17, 15) is 19.2 Å². The zero-order valence-electron chi connectivity index (χ0n) is 21.8. The van der Waals surface area contributed by atoms with Crippen LogP contribution in [0.15, 0.2) is 4.99 Å². The summed E-state index contributed by atoms with van der Waals surface area (Å²) in [7, 11) is 0. The molecule has 0 aromatic carbocycles. The molecule has 5 aliphatic heterocycles. The Hall–Kier alpha value is -0.930. The van der Waals surface area contributed by atoms with Crippen LogP contribution in [0.25, 0.3) is 0 Å². The fraction of sp³-hybridized carbons (Fsp3) is 0.792. The molecular weight excluding hydrogens is 667 g/mol. The van der Waals surface area contributed by atoms with Gasteiger partial charge in [-0.1, -0.05) is 35.4 Å². The van der Waals surface area contributed by atoms with Gasteiger partial charge in [-0.2, -0.15) is 0 Å². The largest absolute Gasteiger partial charge is 0.426 e. The van der Waals surface area contributed by atoms with Crippen LogP contribution < -0.4 is 0 Å². The Bertz CT molecular complexity index is 1020. The summed E-state index contributed by atoms with van der Waals surface area (Å²) in [5, 5.41) is -0.276. The summed E-state index contributed by atoms with van der Waals surface area (Å²) in [6.45, 7) is 8.97. The molecular formula is C24H34ClIN4O6S2. The fourth-order valence-electron chi connectivity index (χ4n) is 5.74. The van der Waals surface area contributed by atoms with Crippen LogP contribution in [-0.4, -0.2) is 107 Å². The van der Waals surface area contributed by atoms with Gasteiger partial charge in [-0.05, 0) is 40.5 Å². The molecule has 5 fully saturated rings. The number of ether oxygens (including phenoxy) is 2. The van der Waals surface area contributed by atoms with Gasteiger partial charge in [0.05, 0.1) is 6.34 Å². The van der Waals surface area contributed by atoms with Crippen LogP contribution in [0, 0.1) is 0 Å². The Kier molecular flexibility index (Phi) is 8.82. The highest BCUT2D eigenvalue weighted by atomic mass is 127. The van der Waals surface area contributed by atoms with Crippen molar-refractivity contribution < 1.29 is 28.7 Å². The second-order valence-electron chi connectivity index (χ2n) is 11.1. The third kappa shape index (κ3) is 5.13. The van der Waals surface area contributed by atoms with Crippen molar-refractivity contribution in [3.63, 3.8) is 0 Å². The molecule has 5 saturated heterocycles. The average molecular weight is 701 g/mol. The molecule has 5 aliphatic rings. The molecule has 0 N–H and O–H groups in total. The number of rotatable bonds is 6. The van der Waals surface area contributed by atoms with Crippen LogP contribution in [0.2, 0.25) is 0 Å². The smallest absolute Gasteiger partial charge is 0.333 e. The lowest BCUT2D eigenvalue weighted by molar-refractivity contribution is -0.180. The number of hydrogen-bond acceptors (Lipinski definition) is 9. The third-order valence-corrected chi connectivity index (χ3v) is 12.5. The van der Waals surface area contributed by atoms with Crippen molar-refractivity contribution in [2.75, 3.05) is 19.9 Å². The van der Waals surface area contributed by atoms with Gasteiger partial charge in [-0.3, -0.25) is 14.6 Å². The van der Waals surface area contributed by atoms with Crippen LogP contribution in [-0.2, 0) is 28.7 Å². The molecule has 0 aromatic rings. The molecule has 6 atom stereocenters. The summed E-state index contributed by atoms with van der Waals surface area (Å²) in [5.41, 5.74) is 0. The van der Waals surface area contributed by atoms with E-state index in [-0.39, 0.29) is 38.9 Å². The zero-order valence-corrected chi connectivity index (χ0v) is 26.4. The van der Waals surface area contributed by atoms with Gasteiger partial charge in [0.2, 0.25) is 12.7 Å². The SMILES string of the molecule is CC1(C)S[C@@H]2[C@H](I)C(=O)N2[C@H]1C(=O)OCOC(=O)[C@@H]1N2C(=O)[C@@H](N=CN3CCCCCC3)[C@H]2SC1(C)C.Cl. The summed E-state index contributed by atoms with van der Waals surface area (Å²) in [6.07, 6.45) is 6.51. The second-order valence-corrected chi connectivity index (χ2v) is 16.0. The number of fused-ring (bicyclic) bond motifs is 2. The number of carbonyl (C=O) groups is 4. The molecule has 0 aromatic heterocycles. The maximum atomic E-state index is 13.1. The highest BCUT2D eigenvalue weighted by Gasteiger charge is 2.65. The van der Waals surface area contributed by atoms with Crippen molar-refractivity contribution in [3.05, 3.63) is 0 Å². The second kappa shape index (κ2) is 11.2. The van der Waals surface area contributed by atoms with Gasteiger partial charge in [0.15, 0.2) is 6.04 Å². The molecule has 0 bridgehead atoms. The highest BCUT2D eigenvalue weighted by molar-refractivity contribution is 14.1. The normalized spacial score (nSPS) is 35.0. The van der Waals surface area contributed by atoms with Crippen LogP contribution in [0.3, 0.4) is 0 Å². The highest BCUT2D eigenvalue weighted by Crippen LogP contribution is 2.53. The third-order valence-electron chi connectivity index (χ3n) is 7.67. The zero-order chi connectivity index (χ0) is 26.7. The molecule has 14 heteroatoms. The molecule has 212 valence electrons. The average Bonchev–Trinajstić information content (AvgIpc) is 3.07. The lowest BCUT2D eigenvalue weighted by Gasteiger charge is -2.42. The van der Waals surface area contributed by atoms with Gasteiger partial charge in [-0.15, -0.1) is 35.9 Å². The van der Waals surface area contributed by atoms with E-state index in [2.05, 4.69) is 32.5 Å². The van der Waals surface area contributed by atoms with Crippen LogP contribution in [0.5, 0.6) is 0 Å². The number of amides is 2. The standard InChI is InChI=1S/C24H33IN4O6S2.ClH/c1-23(2)15(28-17(30)13(25)19(28)36-23)21(32)34-12-35-22(33)16-24(3,4)37-20-14(18(31)29(16)20)26-11-27-9-7-5-6-8-10-27;/h11,13-16,19-20H,5-10,12H2,1-4H3;1H/t13-,14-,15+,16+,19-,20-;/m1./s1. The Morgan fingerprint density at radius 3 is 1.97 bits per heavy atom. The molecule has 10 nitrogen and oxygen atoms in total. The minimum Gasteiger partial charge on any atom is -0.426 e. The summed E-state index contributed by atoms with van der Waals surface area (Å²) in [4.78, 5) is 61.1. The van der Waals surface area contributed by atoms with Gasteiger partial charge in [0.25, 0.3) is 5.91 Å². The number of β-lactam (4-membered cyclic amide) rings is 2. The number of carbonyl (C=O) groups excluding carboxylic acids is 4. The molecule has 0 spiro atoms. The van der Waals surface area contributed by atoms with E-state index in [0.29, 0.717) is 0 Å². The van der Waals surface area contributed by atoms with E-state index in [1.165, 1.54) is 12.8 Å². The first-order valence-electron chi connectivity index (χ1n) is 12.7. The maximum absolute atomic E-state index is 13.1. The van der Waals surface area contributed by atoms with E-state index >= 15 is 0 Å². The van der Waals surface area contributed by atoms with Crippen LogP contribution in [0.4, 0.5) is 0 Å². The quantitative estimate of drug-likeness (QED) is 0.0787. The van der Waals surface area contributed by atoms with Crippen LogP contribution >= 0.6 is 58.5 Å². The molecule has 5 rings (SSSR count). The van der Waals surface area contributed by atoms with Crippen molar-refractivity contribution >= 4 is 88.6 Å². The van der Waals surface area contributed by atoms with Gasteiger partial charge < -0.3 is 24.2 Å². The van der Waals surface area contributed by atoms with Crippen molar-refractivity contribution in [2.24, 2.45) is 4.99 Å². The Labute approximate surface area is 251 Å². The van der Waals surface area contributed by atoms with E-state index < -0.39 is 46.4 Å². The number of nitrogens with zero attached hydrogens (tertiary/aromatic N) is 4. The molecule has 2 amide bonds. The number of aliphatic imine (C=N–C) groups is 1. The van der Waals surface area contributed by atoms with Gasteiger partial charge >= 0.3 is 11.9 Å². The van der Waals surface area contributed by atoms with Gasteiger partial charge in [0.1, 0.15) is 26.8 Å². The minimum atomic E-state index is -0.794. The first kappa shape index (κ1) is 30.0. The number of esters is 2. The number of halogens is 2. The van der Waals surface area contributed by atoms with Crippen molar-refractivity contribution in [3.8, 4) is 0 Å². The lowest BCUT2D eigenvalue weighted by Crippen LogP contribution is -2.65. The minimum absolute atomic E-state index is 0. The lowest BCUT2D eigenvalue weighted by atomic mass is 9.96. The van der Waals surface area contributed by atoms with Crippen molar-refractivity contribution in [2.45, 2.75) is 95.7 Å². The fourth-order valence-corrected chi connectivity index (χ4v) is 10.00. The summed E-state index contributed by atoms with van der Waals surface area (Å²) in [6, 6.07) is -2.03. The number of thioether (sulfide) groups is 2. The van der Waals surface area contributed by atoms with E-state index in [0.717, 1.165) is 25.9 Å². The number of likely N-dealkylation sites (tertiary alicyclic amines) is 1. The number of alkyl halides is 1. The van der Waals surface area contributed by atoms with E-state index in [1.807, 2.05) is 27.7 Å². The first-order valence-corrected chi connectivity index (χ1v) is 15.7. The Balaban J connectivity index is 0.00000336. The van der Waals surface area contributed by atoms with E-state index in [1.54, 1.807) is 39.7 Å². The molecule has 5 heterocycles. The number of hydrogen-bond donors (Lipinski definition) is 0. The predicted molar refractivity (Wildman–Crippen MR) is 157 cm³/mol. The Morgan fingerprint density at radius 1 is 0.921 bits per heavy atom. The van der Waals surface area contributed by atoms with Crippen molar-refractivity contribution in [1.82, 2.24) is 14.7 Å². The monoisotopic (exact) mass is 700 g/mol. The van der Waals surface area contributed by atoms with Gasteiger partial charge in [0, 0.05) is 22.6 Å². The summed E-state index contributed by atoms with van der Waals surface area (Å²) < 4.78 is 9.41.